The predicted octanol–water partition coefficient (Wildman–Crippen LogP) is 4.29. The largest absolute Gasteiger partial charge is 0.314 e. The van der Waals surface area contributed by atoms with Crippen LogP contribution in [-0.2, 0) is 21.0 Å². The monoisotopic (exact) mass is 410 g/mol. The number of hydrogen-bond donors (Lipinski definition) is 0. The first-order chi connectivity index (χ1) is 13.8. The van der Waals surface area contributed by atoms with Gasteiger partial charge in [-0.3, -0.25) is 9.59 Å². The number of carbonyl (C=O) groups excluding carboxylic acids is 2. The summed E-state index contributed by atoms with van der Waals surface area (Å²) in [4.78, 5) is 29.7. The van der Waals surface area contributed by atoms with Crippen LogP contribution in [0.15, 0.2) is 48.5 Å². The lowest BCUT2D eigenvalue weighted by molar-refractivity contribution is -0.141. The van der Waals surface area contributed by atoms with Gasteiger partial charge in [0.25, 0.3) is 5.91 Å². The lowest BCUT2D eigenvalue weighted by Crippen LogP contribution is -2.50. The number of fused-ring (bicyclic) bond motifs is 2. The van der Waals surface area contributed by atoms with Crippen LogP contribution >= 0.6 is 11.8 Å². The molecule has 150 valence electrons. The summed E-state index contributed by atoms with van der Waals surface area (Å²) in [7, 11) is 0. The molecule has 6 heteroatoms. The fourth-order valence-electron chi connectivity index (χ4n) is 4.46. The fraction of sp³-hybridized carbons (Fsp3) is 0.391. The van der Waals surface area contributed by atoms with E-state index in [0.717, 1.165) is 29.7 Å². The molecule has 2 amide bonds. The highest BCUT2D eigenvalue weighted by atomic mass is 32.2. The zero-order valence-corrected chi connectivity index (χ0v) is 17.3. The first-order valence-electron chi connectivity index (χ1n) is 9.99. The summed E-state index contributed by atoms with van der Waals surface area (Å²) < 4.78 is 13.1. The van der Waals surface area contributed by atoms with E-state index in [1.807, 2.05) is 29.2 Å². The van der Waals surface area contributed by atoms with Crippen LogP contribution in [0.25, 0.3) is 0 Å². The number of rotatable bonds is 3. The van der Waals surface area contributed by atoms with Gasteiger partial charge in [-0.2, -0.15) is 0 Å². The second-order valence-electron chi connectivity index (χ2n) is 8.74. The molecule has 0 N–H and O–H groups in total. The SMILES string of the molecule is CC1(C)CN(C(=O)C2CC2)[C@]2(S1)C(=O)N(Cc1ccc(F)cc1)c1ccccc12. The van der Waals surface area contributed by atoms with Crippen molar-refractivity contribution < 1.29 is 14.0 Å². The Morgan fingerprint density at radius 1 is 1.14 bits per heavy atom. The van der Waals surface area contributed by atoms with Gasteiger partial charge in [0, 0.05) is 22.8 Å². The Bertz CT molecular complexity index is 1000. The van der Waals surface area contributed by atoms with Crippen LogP contribution in [0.3, 0.4) is 0 Å². The smallest absolute Gasteiger partial charge is 0.268 e. The van der Waals surface area contributed by atoms with Gasteiger partial charge in [-0.15, -0.1) is 11.8 Å². The summed E-state index contributed by atoms with van der Waals surface area (Å²) in [6, 6.07) is 14.0. The van der Waals surface area contributed by atoms with Gasteiger partial charge in [-0.05, 0) is 50.5 Å². The van der Waals surface area contributed by atoms with E-state index in [2.05, 4.69) is 13.8 Å². The highest BCUT2D eigenvalue weighted by Crippen LogP contribution is 2.60. The lowest BCUT2D eigenvalue weighted by atomic mass is 10.0. The molecule has 4 nitrogen and oxygen atoms in total. The molecule has 0 unspecified atom stereocenters. The number of nitrogens with zero attached hydrogens (tertiary/aromatic N) is 2. The van der Waals surface area contributed by atoms with Crippen LogP contribution in [0.4, 0.5) is 10.1 Å². The molecule has 0 bridgehead atoms. The molecule has 1 saturated carbocycles. The first-order valence-corrected chi connectivity index (χ1v) is 10.8. The standard InChI is InChI=1S/C23H23FN2O2S/c1-22(2)14-26(20(27)16-9-10-16)23(29-22)18-5-3-4-6-19(18)25(21(23)28)13-15-7-11-17(24)12-8-15/h3-8,11-12,16H,9-10,13-14H2,1-2H3/t23-/m1/s1. The number of benzene rings is 2. The summed E-state index contributed by atoms with van der Waals surface area (Å²) in [5, 5.41) is 0. The van der Waals surface area contributed by atoms with E-state index in [4.69, 9.17) is 0 Å². The quantitative estimate of drug-likeness (QED) is 0.758. The van der Waals surface area contributed by atoms with Gasteiger partial charge in [0.05, 0.1) is 12.2 Å². The molecule has 2 aromatic rings. The number of anilines is 1. The molecule has 2 aromatic carbocycles. The molecule has 1 aliphatic carbocycles. The minimum atomic E-state index is -1.01. The van der Waals surface area contributed by atoms with Gasteiger partial charge >= 0.3 is 0 Å². The first kappa shape index (κ1) is 18.7. The van der Waals surface area contributed by atoms with Crippen molar-refractivity contribution in [3.05, 3.63) is 65.5 Å². The van der Waals surface area contributed by atoms with E-state index < -0.39 is 4.87 Å². The molecule has 2 heterocycles. The highest BCUT2D eigenvalue weighted by Gasteiger charge is 2.64. The fourth-order valence-corrected chi connectivity index (χ4v) is 6.19. The zero-order valence-electron chi connectivity index (χ0n) is 16.5. The topological polar surface area (TPSA) is 40.6 Å². The van der Waals surface area contributed by atoms with Crippen molar-refractivity contribution in [2.45, 2.75) is 42.9 Å². The van der Waals surface area contributed by atoms with E-state index in [-0.39, 0.29) is 28.3 Å². The molecule has 1 spiro atoms. The van der Waals surface area contributed by atoms with Crippen molar-refractivity contribution in [3.8, 4) is 0 Å². The van der Waals surface area contributed by atoms with Crippen LogP contribution in [0, 0.1) is 11.7 Å². The Labute approximate surface area is 174 Å². The molecule has 2 fully saturated rings. The molecule has 29 heavy (non-hydrogen) atoms. The molecule has 5 rings (SSSR count). The molecule has 1 atom stereocenters. The Morgan fingerprint density at radius 2 is 1.83 bits per heavy atom. The number of thioether (sulfide) groups is 1. The molecular weight excluding hydrogens is 387 g/mol. The van der Waals surface area contributed by atoms with Gasteiger partial charge < -0.3 is 9.80 Å². The zero-order chi connectivity index (χ0) is 20.4. The van der Waals surface area contributed by atoms with E-state index in [1.54, 1.807) is 28.8 Å². The van der Waals surface area contributed by atoms with Crippen LogP contribution in [0.1, 0.15) is 37.8 Å². The van der Waals surface area contributed by atoms with Gasteiger partial charge in [0.15, 0.2) is 4.87 Å². The third-order valence-corrected chi connectivity index (χ3v) is 7.48. The Hall–Kier alpha value is -2.34. The highest BCUT2D eigenvalue weighted by molar-refractivity contribution is 8.02. The molecule has 0 radical (unpaired) electrons. The van der Waals surface area contributed by atoms with Gasteiger partial charge in [-0.25, -0.2) is 4.39 Å². The van der Waals surface area contributed by atoms with Gasteiger partial charge in [0.1, 0.15) is 5.82 Å². The van der Waals surface area contributed by atoms with Crippen molar-refractivity contribution in [1.29, 1.82) is 0 Å². The number of halogens is 1. The van der Waals surface area contributed by atoms with Crippen LogP contribution in [-0.4, -0.2) is 28.0 Å². The van der Waals surface area contributed by atoms with E-state index in [9.17, 15) is 14.0 Å². The summed E-state index contributed by atoms with van der Waals surface area (Å²) in [6.45, 7) is 5.10. The maximum atomic E-state index is 13.9. The van der Waals surface area contributed by atoms with Gasteiger partial charge in [-0.1, -0.05) is 30.3 Å². The van der Waals surface area contributed by atoms with E-state index in [1.165, 1.54) is 12.1 Å². The molecule has 0 aromatic heterocycles. The van der Waals surface area contributed by atoms with Crippen molar-refractivity contribution in [2.24, 2.45) is 5.92 Å². The number of amides is 2. The maximum absolute atomic E-state index is 13.9. The number of hydrogen-bond acceptors (Lipinski definition) is 3. The van der Waals surface area contributed by atoms with E-state index >= 15 is 0 Å². The minimum absolute atomic E-state index is 0.0486. The normalized spacial score (nSPS) is 25.0. The molecule has 3 aliphatic rings. The Morgan fingerprint density at radius 3 is 2.52 bits per heavy atom. The Balaban J connectivity index is 1.60. The van der Waals surface area contributed by atoms with Crippen LogP contribution < -0.4 is 4.90 Å². The predicted molar refractivity (Wildman–Crippen MR) is 112 cm³/mol. The van der Waals surface area contributed by atoms with Gasteiger partial charge in [0.2, 0.25) is 5.91 Å². The summed E-state index contributed by atoms with van der Waals surface area (Å²) >= 11 is 1.58. The maximum Gasteiger partial charge on any atom is 0.268 e. The summed E-state index contributed by atoms with van der Waals surface area (Å²) in [6.07, 6.45) is 1.82. The van der Waals surface area contributed by atoms with Crippen molar-refractivity contribution in [1.82, 2.24) is 4.90 Å². The summed E-state index contributed by atoms with van der Waals surface area (Å²) in [5.41, 5.74) is 2.58. The van der Waals surface area contributed by atoms with Crippen molar-refractivity contribution in [3.63, 3.8) is 0 Å². The van der Waals surface area contributed by atoms with Crippen LogP contribution in [0.2, 0.25) is 0 Å². The molecule has 2 aliphatic heterocycles. The van der Waals surface area contributed by atoms with Crippen molar-refractivity contribution >= 4 is 29.3 Å². The second kappa shape index (κ2) is 6.33. The third kappa shape index (κ3) is 2.88. The third-order valence-electron chi connectivity index (χ3n) is 5.88. The molecule has 1 saturated heterocycles. The van der Waals surface area contributed by atoms with Crippen LogP contribution in [0.5, 0.6) is 0 Å². The Kier molecular flexibility index (Phi) is 4.07. The number of para-hydroxylation sites is 1. The summed E-state index contributed by atoms with van der Waals surface area (Å²) in [5.74, 6) is -0.234. The van der Waals surface area contributed by atoms with Crippen molar-refractivity contribution in [2.75, 3.05) is 11.4 Å². The number of carbonyl (C=O) groups is 2. The lowest BCUT2D eigenvalue weighted by Gasteiger charge is -2.33. The average molecular weight is 411 g/mol. The molecular formula is C23H23FN2O2S. The second-order valence-corrected chi connectivity index (χ2v) is 10.6. The minimum Gasteiger partial charge on any atom is -0.314 e. The average Bonchev–Trinajstić information content (AvgIpc) is 3.47. The van der Waals surface area contributed by atoms with E-state index in [0.29, 0.717) is 13.1 Å².